The first-order valence-electron chi connectivity index (χ1n) is 3.49. The van der Waals surface area contributed by atoms with Gasteiger partial charge in [0.15, 0.2) is 0 Å². The molecule has 13 heavy (non-hydrogen) atoms. The third-order valence-corrected chi connectivity index (χ3v) is 2.03. The van der Waals surface area contributed by atoms with Gasteiger partial charge in [-0.2, -0.15) is 0 Å². The normalized spacial score (nSPS) is 10.8. The molecule has 0 bridgehead atoms. The van der Waals surface area contributed by atoms with Crippen LogP contribution in [0.3, 0.4) is 0 Å². The molecule has 0 heterocycles. The zero-order valence-electron chi connectivity index (χ0n) is 6.85. The quantitative estimate of drug-likeness (QED) is 0.576. The summed E-state index contributed by atoms with van der Waals surface area (Å²) in [7, 11) is 1.45. The maximum absolute atomic E-state index is 13.0. The molecule has 0 N–H and O–H groups in total. The Hall–Kier alpha value is -0.900. The average Bonchev–Trinajstić information content (AvgIpc) is 2.09. The smallest absolute Gasteiger partial charge is 0.140 e. The Kier molecular flexibility index (Phi) is 3.42. The Balaban J connectivity index is 3.08. The van der Waals surface area contributed by atoms with Crippen LogP contribution in [0.1, 0.15) is 5.56 Å². The van der Waals surface area contributed by atoms with Gasteiger partial charge in [0.1, 0.15) is 11.6 Å². The van der Waals surface area contributed by atoms with Gasteiger partial charge in [0.25, 0.3) is 0 Å². The van der Waals surface area contributed by atoms with E-state index in [2.05, 4.69) is 20.7 Å². The van der Waals surface area contributed by atoms with Crippen molar-refractivity contribution < 1.29 is 13.5 Å². The SMILES string of the molecule is COC=Cc1cc(Br)c(F)cc1F. The molecule has 0 fully saturated rings. The summed E-state index contributed by atoms with van der Waals surface area (Å²) in [5.74, 6) is -1.24. The lowest BCUT2D eigenvalue weighted by Crippen LogP contribution is -1.86. The molecule has 0 aliphatic carbocycles. The molecule has 4 heteroatoms. The predicted molar refractivity (Wildman–Crippen MR) is 50.1 cm³/mol. The van der Waals surface area contributed by atoms with Gasteiger partial charge in [-0.05, 0) is 28.1 Å². The van der Waals surface area contributed by atoms with Crippen LogP contribution >= 0.6 is 15.9 Å². The zero-order valence-corrected chi connectivity index (χ0v) is 8.44. The van der Waals surface area contributed by atoms with Crippen molar-refractivity contribution in [2.75, 3.05) is 7.11 Å². The molecule has 1 aromatic rings. The molecule has 1 rings (SSSR count). The van der Waals surface area contributed by atoms with Gasteiger partial charge in [0.05, 0.1) is 17.8 Å². The van der Waals surface area contributed by atoms with Crippen molar-refractivity contribution in [1.29, 1.82) is 0 Å². The van der Waals surface area contributed by atoms with Crippen molar-refractivity contribution in [3.8, 4) is 0 Å². The van der Waals surface area contributed by atoms with Crippen LogP contribution in [0.4, 0.5) is 8.78 Å². The van der Waals surface area contributed by atoms with Crippen LogP contribution in [0.25, 0.3) is 6.08 Å². The molecule has 0 saturated heterocycles. The second-order valence-electron chi connectivity index (χ2n) is 2.33. The molecule has 0 saturated carbocycles. The number of methoxy groups -OCH3 is 1. The van der Waals surface area contributed by atoms with Crippen LogP contribution in [0.2, 0.25) is 0 Å². The molecule has 70 valence electrons. The first kappa shape index (κ1) is 10.2. The maximum Gasteiger partial charge on any atom is 0.140 e. The maximum atomic E-state index is 13.0. The lowest BCUT2D eigenvalue weighted by molar-refractivity contribution is 0.341. The van der Waals surface area contributed by atoms with Gasteiger partial charge in [-0.3, -0.25) is 0 Å². The molecule has 1 aromatic carbocycles. The molecule has 0 aliphatic heterocycles. The fourth-order valence-corrected chi connectivity index (χ4v) is 1.17. The van der Waals surface area contributed by atoms with E-state index in [0.29, 0.717) is 0 Å². The number of ether oxygens (including phenoxy) is 1. The highest BCUT2D eigenvalue weighted by Gasteiger charge is 2.05. The van der Waals surface area contributed by atoms with Crippen LogP contribution in [0, 0.1) is 11.6 Å². The summed E-state index contributed by atoms with van der Waals surface area (Å²) in [5, 5.41) is 0. The summed E-state index contributed by atoms with van der Waals surface area (Å²) < 4.78 is 30.6. The van der Waals surface area contributed by atoms with E-state index in [1.54, 1.807) is 0 Å². The molecular weight excluding hydrogens is 242 g/mol. The van der Waals surface area contributed by atoms with Gasteiger partial charge in [-0.1, -0.05) is 0 Å². The minimum atomic E-state index is -0.618. The second kappa shape index (κ2) is 4.37. The topological polar surface area (TPSA) is 9.23 Å². The summed E-state index contributed by atoms with van der Waals surface area (Å²) in [5.41, 5.74) is 0.273. The van der Waals surface area contributed by atoms with Crippen LogP contribution in [-0.4, -0.2) is 7.11 Å². The molecule has 0 aromatic heterocycles. The van der Waals surface area contributed by atoms with Crippen LogP contribution in [0.15, 0.2) is 22.9 Å². The van der Waals surface area contributed by atoms with E-state index in [4.69, 9.17) is 0 Å². The lowest BCUT2D eigenvalue weighted by Gasteiger charge is -1.99. The minimum Gasteiger partial charge on any atom is -0.504 e. The number of benzene rings is 1. The number of hydrogen-bond acceptors (Lipinski definition) is 1. The highest BCUT2D eigenvalue weighted by Crippen LogP contribution is 2.20. The van der Waals surface area contributed by atoms with Gasteiger partial charge in [-0.25, -0.2) is 8.78 Å². The third-order valence-electron chi connectivity index (χ3n) is 1.42. The standard InChI is InChI=1S/C9H7BrF2O/c1-13-3-2-6-4-7(10)9(12)5-8(6)11/h2-5H,1H3. The highest BCUT2D eigenvalue weighted by molar-refractivity contribution is 9.10. The van der Waals surface area contributed by atoms with Gasteiger partial charge < -0.3 is 4.74 Å². The molecule has 0 unspecified atom stereocenters. The van der Waals surface area contributed by atoms with Crippen molar-refractivity contribution in [1.82, 2.24) is 0 Å². The first-order chi connectivity index (χ1) is 6.15. The summed E-state index contributed by atoms with van der Waals surface area (Å²) in [6.45, 7) is 0. The van der Waals surface area contributed by atoms with Gasteiger partial charge in [0, 0.05) is 11.6 Å². The first-order valence-corrected chi connectivity index (χ1v) is 4.28. The second-order valence-corrected chi connectivity index (χ2v) is 3.18. The molecule has 0 radical (unpaired) electrons. The van der Waals surface area contributed by atoms with Crippen molar-refractivity contribution in [2.24, 2.45) is 0 Å². The van der Waals surface area contributed by atoms with Crippen LogP contribution < -0.4 is 0 Å². The van der Waals surface area contributed by atoms with Gasteiger partial charge in [-0.15, -0.1) is 0 Å². The summed E-state index contributed by atoms with van der Waals surface area (Å²) in [6, 6.07) is 2.17. The zero-order chi connectivity index (χ0) is 9.84. The molecule has 0 spiro atoms. The molecule has 0 atom stereocenters. The van der Waals surface area contributed by atoms with E-state index in [-0.39, 0.29) is 10.0 Å². The molecule has 0 aliphatic rings. The highest BCUT2D eigenvalue weighted by atomic mass is 79.9. The van der Waals surface area contributed by atoms with E-state index in [1.807, 2.05) is 0 Å². The lowest BCUT2D eigenvalue weighted by atomic mass is 10.2. The number of rotatable bonds is 2. The van der Waals surface area contributed by atoms with E-state index < -0.39 is 11.6 Å². The van der Waals surface area contributed by atoms with E-state index in [0.717, 1.165) is 6.07 Å². The number of halogens is 3. The largest absolute Gasteiger partial charge is 0.504 e. The third kappa shape index (κ3) is 2.52. The summed E-state index contributed by atoms with van der Waals surface area (Å²) >= 11 is 2.96. The van der Waals surface area contributed by atoms with E-state index in [1.165, 1.54) is 25.5 Å². The fourth-order valence-electron chi connectivity index (χ4n) is 0.807. The minimum absolute atomic E-state index is 0.227. The van der Waals surface area contributed by atoms with Gasteiger partial charge >= 0.3 is 0 Å². The van der Waals surface area contributed by atoms with Crippen molar-refractivity contribution in [3.63, 3.8) is 0 Å². The van der Waals surface area contributed by atoms with Crippen LogP contribution in [0.5, 0.6) is 0 Å². The van der Waals surface area contributed by atoms with Gasteiger partial charge in [0.2, 0.25) is 0 Å². The Labute approximate surface area is 83.1 Å². The molecule has 1 nitrogen and oxygen atoms in total. The predicted octanol–water partition coefficient (Wildman–Crippen LogP) is 3.34. The monoisotopic (exact) mass is 248 g/mol. The Morgan fingerprint density at radius 3 is 2.62 bits per heavy atom. The van der Waals surface area contributed by atoms with Crippen molar-refractivity contribution in [2.45, 2.75) is 0 Å². The fraction of sp³-hybridized carbons (Fsp3) is 0.111. The Bertz CT molecular complexity index is 337. The summed E-state index contributed by atoms with van der Waals surface area (Å²) in [6.07, 6.45) is 2.74. The van der Waals surface area contributed by atoms with E-state index in [9.17, 15) is 8.78 Å². The summed E-state index contributed by atoms with van der Waals surface area (Å²) in [4.78, 5) is 0. The molecule has 0 amide bonds. The number of hydrogen-bond donors (Lipinski definition) is 0. The van der Waals surface area contributed by atoms with Crippen molar-refractivity contribution >= 4 is 22.0 Å². The average molecular weight is 249 g/mol. The van der Waals surface area contributed by atoms with Crippen LogP contribution in [-0.2, 0) is 4.74 Å². The Morgan fingerprint density at radius 1 is 1.31 bits per heavy atom. The van der Waals surface area contributed by atoms with Crippen molar-refractivity contribution in [3.05, 3.63) is 40.1 Å². The molecular formula is C9H7BrF2O. The van der Waals surface area contributed by atoms with E-state index >= 15 is 0 Å². The Morgan fingerprint density at radius 2 is 2.00 bits per heavy atom.